The van der Waals surface area contributed by atoms with Crippen molar-refractivity contribution in [3.8, 4) is 5.75 Å². The van der Waals surface area contributed by atoms with Crippen LogP contribution >= 0.6 is 0 Å². The molecule has 0 aliphatic rings. The van der Waals surface area contributed by atoms with E-state index in [-0.39, 0.29) is 12.9 Å². The largest absolute Gasteiger partial charge is 0.497 e. The monoisotopic (exact) mass is 192 g/mol. The van der Waals surface area contributed by atoms with Crippen LogP contribution in [0.2, 0.25) is 0 Å². The molecule has 1 aromatic rings. The third-order valence-electron chi connectivity index (χ3n) is 2.32. The van der Waals surface area contributed by atoms with Crippen LogP contribution in [-0.2, 0) is 5.41 Å². The highest BCUT2D eigenvalue weighted by molar-refractivity contribution is 6.47. The molecular weight excluding hydrogens is 175 g/mol. The van der Waals surface area contributed by atoms with E-state index in [0.717, 1.165) is 11.2 Å². The summed E-state index contributed by atoms with van der Waals surface area (Å²) in [6, 6.07) is 5.95. The van der Waals surface area contributed by atoms with Crippen molar-refractivity contribution in [2.24, 2.45) is 0 Å². The average Bonchev–Trinajstić information content (AvgIpc) is 2.15. The molecule has 1 N–H and O–H groups in total. The molecule has 0 aromatic heterocycles. The van der Waals surface area contributed by atoms with E-state index in [0.29, 0.717) is 0 Å². The van der Waals surface area contributed by atoms with Gasteiger partial charge in [-0.3, -0.25) is 0 Å². The molecule has 3 heteroatoms. The number of methoxy groups -OCH3 is 1. The Labute approximate surface area is 86.2 Å². The Balaban J connectivity index is 3.14. The molecule has 0 radical (unpaired) electrons. The molecule has 0 saturated heterocycles. The SMILES string of the molecule is COc1ccc(C(C)(C)C)cc1BO. The first-order valence-electron chi connectivity index (χ1n) is 4.77. The fraction of sp³-hybridized carbons (Fsp3) is 0.455. The van der Waals surface area contributed by atoms with E-state index >= 15 is 0 Å². The summed E-state index contributed by atoms with van der Waals surface area (Å²) in [6.45, 7) is 6.45. The Hall–Kier alpha value is -0.955. The highest BCUT2D eigenvalue weighted by Gasteiger charge is 2.15. The maximum Gasteiger partial charge on any atom is 0.308 e. The second kappa shape index (κ2) is 4.05. The number of benzene rings is 1. The van der Waals surface area contributed by atoms with E-state index in [4.69, 9.17) is 9.76 Å². The molecule has 76 valence electrons. The van der Waals surface area contributed by atoms with Crippen molar-refractivity contribution in [2.45, 2.75) is 26.2 Å². The van der Waals surface area contributed by atoms with Crippen LogP contribution < -0.4 is 10.2 Å². The van der Waals surface area contributed by atoms with Gasteiger partial charge in [-0.15, -0.1) is 0 Å². The number of rotatable bonds is 2. The lowest BCUT2D eigenvalue weighted by molar-refractivity contribution is 0.417. The van der Waals surface area contributed by atoms with Crippen LogP contribution in [0.4, 0.5) is 0 Å². The highest BCUT2D eigenvalue weighted by Crippen LogP contribution is 2.22. The standard InChI is InChI=1S/C11H17BO2/c1-11(2,3)8-5-6-10(14-4)9(7-8)12-13/h5-7,12-13H,1-4H3. The Morgan fingerprint density at radius 3 is 2.36 bits per heavy atom. The van der Waals surface area contributed by atoms with Crippen LogP contribution in [0.25, 0.3) is 0 Å². The van der Waals surface area contributed by atoms with Gasteiger partial charge in [0, 0.05) is 0 Å². The fourth-order valence-corrected chi connectivity index (χ4v) is 1.37. The van der Waals surface area contributed by atoms with Gasteiger partial charge in [0.2, 0.25) is 0 Å². The zero-order chi connectivity index (χ0) is 10.8. The van der Waals surface area contributed by atoms with Gasteiger partial charge in [0.25, 0.3) is 0 Å². The lowest BCUT2D eigenvalue weighted by Gasteiger charge is -2.20. The third kappa shape index (κ3) is 2.29. The van der Waals surface area contributed by atoms with Gasteiger partial charge in [-0.05, 0) is 22.5 Å². The summed E-state index contributed by atoms with van der Waals surface area (Å²) in [6.07, 6.45) is 0. The third-order valence-corrected chi connectivity index (χ3v) is 2.32. The van der Waals surface area contributed by atoms with E-state index in [1.165, 1.54) is 5.56 Å². The summed E-state index contributed by atoms with van der Waals surface area (Å²) in [5, 5.41) is 9.16. The van der Waals surface area contributed by atoms with Crippen LogP contribution in [0.5, 0.6) is 5.75 Å². The molecule has 0 amide bonds. The van der Waals surface area contributed by atoms with Crippen LogP contribution in [0, 0.1) is 0 Å². The maximum absolute atomic E-state index is 9.16. The van der Waals surface area contributed by atoms with Gasteiger partial charge in [-0.25, -0.2) is 0 Å². The minimum atomic E-state index is 0.0209. The van der Waals surface area contributed by atoms with Gasteiger partial charge in [-0.1, -0.05) is 32.9 Å². The Kier molecular flexibility index (Phi) is 3.22. The van der Waals surface area contributed by atoms with Gasteiger partial charge in [0.05, 0.1) is 7.11 Å². The maximum atomic E-state index is 9.16. The molecule has 0 fully saturated rings. The lowest BCUT2D eigenvalue weighted by Crippen LogP contribution is -2.21. The van der Waals surface area contributed by atoms with E-state index in [1.807, 2.05) is 18.2 Å². The molecule has 0 spiro atoms. The normalized spacial score (nSPS) is 11.2. The molecule has 0 atom stereocenters. The number of ether oxygens (including phenoxy) is 1. The summed E-state index contributed by atoms with van der Waals surface area (Å²) >= 11 is 0. The highest BCUT2D eigenvalue weighted by atomic mass is 16.5. The van der Waals surface area contributed by atoms with Crippen LogP contribution in [0.15, 0.2) is 18.2 Å². The second-order valence-corrected chi connectivity index (χ2v) is 4.43. The first-order valence-corrected chi connectivity index (χ1v) is 4.77. The molecule has 2 nitrogen and oxygen atoms in total. The molecule has 1 aromatic carbocycles. The van der Waals surface area contributed by atoms with Crippen LogP contribution in [-0.4, -0.2) is 19.6 Å². The molecule has 0 aliphatic carbocycles. The molecule has 0 saturated carbocycles. The van der Waals surface area contributed by atoms with Crippen molar-refractivity contribution in [3.63, 3.8) is 0 Å². The molecule has 0 bridgehead atoms. The van der Waals surface area contributed by atoms with E-state index in [2.05, 4.69) is 20.8 Å². The van der Waals surface area contributed by atoms with Crippen molar-refractivity contribution < 1.29 is 9.76 Å². The predicted octanol–water partition coefficient (Wildman–Crippen LogP) is 0.962. The smallest absolute Gasteiger partial charge is 0.308 e. The van der Waals surface area contributed by atoms with E-state index < -0.39 is 0 Å². The Morgan fingerprint density at radius 2 is 1.93 bits per heavy atom. The van der Waals surface area contributed by atoms with Gasteiger partial charge < -0.3 is 9.76 Å². The number of hydrogen-bond donors (Lipinski definition) is 1. The van der Waals surface area contributed by atoms with Crippen molar-refractivity contribution in [1.29, 1.82) is 0 Å². The quantitative estimate of drug-likeness (QED) is 0.707. The van der Waals surface area contributed by atoms with Gasteiger partial charge in [0.15, 0.2) is 0 Å². The topological polar surface area (TPSA) is 29.5 Å². The minimum Gasteiger partial charge on any atom is -0.497 e. The zero-order valence-corrected chi connectivity index (χ0v) is 9.29. The zero-order valence-electron chi connectivity index (χ0n) is 9.29. The van der Waals surface area contributed by atoms with E-state index in [9.17, 15) is 0 Å². The molecular formula is C11H17BO2. The van der Waals surface area contributed by atoms with Gasteiger partial charge in [-0.2, -0.15) is 0 Å². The Morgan fingerprint density at radius 1 is 1.29 bits per heavy atom. The average molecular weight is 192 g/mol. The van der Waals surface area contributed by atoms with Crippen LogP contribution in [0.3, 0.4) is 0 Å². The first kappa shape index (κ1) is 11.1. The molecule has 0 heterocycles. The van der Waals surface area contributed by atoms with Crippen molar-refractivity contribution >= 4 is 12.9 Å². The van der Waals surface area contributed by atoms with Gasteiger partial charge in [0.1, 0.15) is 5.75 Å². The summed E-state index contributed by atoms with van der Waals surface area (Å²) in [4.78, 5) is 0. The van der Waals surface area contributed by atoms with E-state index in [1.54, 1.807) is 7.11 Å². The fourth-order valence-electron chi connectivity index (χ4n) is 1.37. The molecule has 1 rings (SSSR count). The van der Waals surface area contributed by atoms with Crippen LogP contribution in [0.1, 0.15) is 26.3 Å². The summed E-state index contributed by atoms with van der Waals surface area (Å²) in [5.74, 6) is 0.750. The summed E-state index contributed by atoms with van der Waals surface area (Å²) in [7, 11) is 1.64. The predicted molar refractivity (Wildman–Crippen MR) is 60.7 cm³/mol. The minimum absolute atomic E-state index is 0.0209. The molecule has 14 heavy (non-hydrogen) atoms. The first-order chi connectivity index (χ1) is 6.49. The van der Waals surface area contributed by atoms with Crippen molar-refractivity contribution in [1.82, 2.24) is 0 Å². The number of hydrogen-bond acceptors (Lipinski definition) is 2. The summed E-state index contributed by atoms with van der Waals surface area (Å²) < 4.78 is 5.14. The Bertz CT molecular complexity index is 316. The van der Waals surface area contributed by atoms with Crippen molar-refractivity contribution in [2.75, 3.05) is 7.11 Å². The molecule has 0 unspecified atom stereocenters. The molecule has 0 aliphatic heterocycles. The van der Waals surface area contributed by atoms with Crippen molar-refractivity contribution in [3.05, 3.63) is 23.8 Å². The van der Waals surface area contributed by atoms with Gasteiger partial charge >= 0.3 is 7.48 Å². The summed E-state index contributed by atoms with van der Waals surface area (Å²) in [5.41, 5.74) is 2.16. The lowest BCUT2D eigenvalue weighted by atomic mass is 9.80. The second-order valence-electron chi connectivity index (χ2n) is 4.43.